The van der Waals surface area contributed by atoms with Gasteiger partial charge in [-0.3, -0.25) is 4.90 Å². The van der Waals surface area contributed by atoms with Gasteiger partial charge < -0.3 is 10.1 Å². The summed E-state index contributed by atoms with van der Waals surface area (Å²) in [6.45, 7) is 9.74. The van der Waals surface area contributed by atoms with E-state index < -0.39 is 0 Å². The molecule has 1 unspecified atom stereocenters. The average molecular weight is 267 g/mol. The molecule has 0 bridgehead atoms. The molecule has 0 radical (unpaired) electrons. The van der Waals surface area contributed by atoms with Crippen molar-refractivity contribution in [1.29, 1.82) is 0 Å². The Hall–Kier alpha value is -0.980. The standard InChI is InChI=1S/C13H25N5O/c1-11(2)7-18-13(15-10-16-18)9-17(3)8-12-6-14-4-5-19-12/h10-12,14H,4-9H2,1-3H3. The van der Waals surface area contributed by atoms with Crippen LogP contribution in [0.2, 0.25) is 0 Å². The predicted molar refractivity (Wildman–Crippen MR) is 73.8 cm³/mol. The first kappa shape index (κ1) is 14.4. The quantitative estimate of drug-likeness (QED) is 0.806. The fourth-order valence-electron chi connectivity index (χ4n) is 2.30. The molecule has 1 aromatic heterocycles. The number of rotatable bonds is 6. The van der Waals surface area contributed by atoms with Crippen LogP contribution >= 0.6 is 0 Å². The Morgan fingerprint density at radius 3 is 3.11 bits per heavy atom. The molecule has 1 fully saturated rings. The highest BCUT2D eigenvalue weighted by molar-refractivity contribution is 4.85. The van der Waals surface area contributed by atoms with Crippen molar-refractivity contribution in [1.82, 2.24) is 25.0 Å². The van der Waals surface area contributed by atoms with Gasteiger partial charge in [-0.1, -0.05) is 13.8 Å². The zero-order valence-electron chi connectivity index (χ0n) is 12.2. The highest BCUT2D eigenvalue weighted by atomic mass is 16.5. The maximum Gasteiger partial charge on any atom is 0.141 e. The summed E-state index contributed by atoms with van der Waals surface area (Å²) in [6, 6.07) is 0. The van der Waals surface area contributed by atoms with Gasteiger partial charge in [0.25, 0.3) is 0 Å². The topological polar surface area (TPSA) is 55.2 Å². The molecule has 0 spiro atoms. The van der Waals surface area contributed by atoms with E-state index in [0.717, 1.165) is 45.2 Å². The van der Waals surface area contributed by atoms with Crippen molar-refractivity contribution in [2.45, 2.75) is 33.0 Å². The van der Waals surface area contributed by atoms with Crippen LogP contribution in [-0.4, -0.2) is 59.1 Å². The lowest BCUT2D eigenvalue weighted by molar-refractivity contribution is 0.00827. The molecule has 0 aromatic carbocycles. The Kier molecular flexibility index (Phi) is 5.30. The summed E-state index contributed by atoms with van der Waals surface area (Å²) in [7, 11) is 2.10. The van der Waals surface area contributed by atoms with Gasteiger partial charge in [-0.25, -0.2) is 9.67 Å². The van der Waals surface area contributed by atoms with Crippen LogP contribution < -0.4 is 5.32 Å². The third kappa shape index (κ3) is 4.56. The fraction of sp³-hybridized carbons (Fsp3) is 0.846. The summed E-state index contributed by atoms with van der Waals surface area (Å²) in [5.74, 6) is 1.61. The predicted octanol–water partition coefficient (Wildman–Crippen LogP) is 0.354. The summed E-state index contributed by atoms with van der Waals surface area (Å²) in [4.78, 5) is 6.60. The molecule has 6 nitrogen and oxygen atoms in total. The van der Waals surface area contributed by atoms with E-state index in [9.17, 15) is 0 Å². The molecular weight excluding hydrogens is 242 g/mol. The highest BCUT2D eigenvalue weighted by Gasteiger charge is 2.17. The zero-order valence-corrected chi connectivity index (χ0v) is 12.2. The number of morpholine rings is 1. The molecule has 1 aromatic rings. The zero-order chi connectivity index (χ0) is 13.7. The van der Waals surface area contributed by atoms with Gasteiger partial charge in [0, 0.05) is 26.2 Å². The van der Waals surface area contributed by atoms with Gasteiger partial charge in [0.15, 0.2) is 0 Å². The minimum atomic E-state index is 0.278. The third-order valence-electron chi connectivity index (χ3n) is 3.16. The van der Waals surface area contributed by atoms with Crippen LogP contribution in [0.25, 0.3) is 0 Å². The number of nitrogens with one attached hydrogen (secondary N) is 1. The number of hydrogen-bond acceptors (Lipinski definition) is 5. The lowest BCUT2D eigenvalue weighted by atomic mass is 10.2. The molecule has 0 amide bonds. The van der Waals surface area contributed by atoms with E-state index in [2.05, 4.69) is 41.2 Å². The minimum Gasteiger partial charge on any atom is -0.374 e. The summed E-state index contributed by atoms with van der Waals surface area (Å²) in [5.41, 5.74) is 0. The second-order valence-corrected chi connectivity index (χ2v) is 5.65. The molecule has 1 saturated heterocycles. The Morgan fingerprint density at radius 2 is 2.42 bits per heavy atom. The first-order chi connectivity index (χ1) is 9.15. The molecule has 1 aliphatic rings. The normalized spacial score (nSPS) is 20.4. The number of hydrogen-bond donors (Lipinski definition) is 1. The lowest BCUT2D eigenvalue weighted by Crippen LogP contribution is -2.44. The van der Waals surface area contributed by atoms with Crippen molar-refractivity contribution in [3.63, 3.8) is 0 Å². The molecule has 2 heterocycles. The largest absolute Gasteiger partial charge is 0.374 e. The van der Waals surface area contributed by atoms with E-state index in [-0.39, 0.29) is 6.10 Å². The van der Waals surface area contributed by atoms with Gasteiger partial charge in [0.05, 0.1) is 19.3 Å². The minimum absolute atomic E-state index is 0.278. The average Bonchev–Trinajstić information content (AvgIpc) is 2.77. The molecule has 2 rings (SSSR count). The van der Waals surface area contributed by atoms with Gasteiger partial charge in [-0.05, 0) is 13.0 Å². The first-order valence-electron chi connectivity index (χ1n) is 7.02. The van der Waals surface area contributed by atoms with E-state index in [1.165, 1.54) is 0 Å². The van der Waals surface area contributed by atoms with Crippen molar-refractivity contribution in [2.75, 3.05) is 33.3 Å². The van der Waals surface area contributed by atoms with Gasteiger partial charge in [0.2, 0.25) is 0 Å². The lowest BCUT2D eigenvalue weighted by Gasteiger charge is -2.27. The molecule has 6 heteroatoms. The van der Waals surface area contributed by atoms with Crippen molar-refractivity contribution in [3.8, 4) is 0 Å². The highest BCUT2D eigenvalue weighted by Crippen LogP contribution is 2.05. The maximum atomic E-state index is 5.72. The maximum absolute atomic E-state index is 5.72. The molecule has 0 aliphatic carbocycles. The van der Waals surface area contributed by atoms with Crippen molar-refractivity contribution >= 4 is 0 Å². The van der Waals surface area contributed by atoms with E-state index >= 15 is 0 Å². The first-order valence-corrected chi connectivity index (χ1v) is 7.02. The van der Waals surface area contributed by atoms with E-state index in [1.54, 1.807) is 6.33 Å². The number of nitrogens with zero attached hydrogens (tertiary/aromatic N) is 4. The smallest absolute Gasteiger partial charge is 0.141 e. The van der Waals surface area contributed by atoms with Crippen LogP contribution in [0, 0.1) is 5.92 Å². The number of aromatic nitrogens is 3. The monoisotopic (exact) mass is 267 g/mol. The van der Waals surface area contributed by atoms with Crippen LogP contribution in [0.3, 0.4) is 0 Å². The third-order valence-corrected chi connectivity index (χ3v) is 3.16. The summed E-state index contributed by atoms with van der Waals surface area (Å²) >= 11 is 0. The SMILES string of the molecule is CC(C)Cn1ncnc1CN(C)CC1CNCCO1. The Labute approximate surface area is 115 Å². The van der Waals surface area contributed by atoms with Crippen molar-refractivity contribution in [3.05, 3.63) is 12.2 Å². The molecular formula is C13H25N5O. The Morgan fingerprint density at radius 1 is 1.58 bits per heavy atom. The molecule has 1 N–H and O–H groups in total. The Bertz CT molecular complexity index is 373. The van der Waals surface area contributed by atoms with E-state index in [0.29, 0.717) is 5.92 Å². The van der Waals surface area contributed by atoms with Crippen LogP contribution in [0.1, 0.15) is 19.7 Å². The van der Waals surface area contributed by atoms with E-state index in [4.69, 9.17) is 4.74 Å². The molecule has 0 saturated carbocycles. The van der Waals surface area contributed by atoms with Gasteiger partial charge in [-0.2, -0.15) is 5.10 Å². The van der Waals surface area contributed by atoms with Gasteiger partial charge in [0.1, 0.15) is 12.2 Å². The molecule has 108 valence electrons. The van der Waals surface area contributed by atoms with E-state index in [1.807, 2.05) is 4.68 Å². The van der Waals surface area contributed by atoms with Crippen molar-refractivity contribution < 1.29 is 4.74 Å². The van der Waals surface area contributed by atoms with Crippen LogP contribution in [0.15, 0.2) is 6.33 Å². The number of likely N-dealkylation sites (N-methyl/N-ethyl adjacent to an activating group) is 1. The van der Waals surface area contributed by atoms with Gasteiger partial charge >= 0.3 is 0 Å². The van der Waals surface area contributed by atoms with Gasteiger partial charge in [-0.15, -0.1) is 0 Å². The fourth-order valence-corrected chi connectivity index (χ4v) is 2.30. The molecule has 1 atom stereocenters. The summed E-state index contributed by atoms with van der Waals surface area (Å²) in [6.07, 6.45) is 1.92. The number of ether oxygens (including phenoxy) is 1. The van der Waals surface area contributed by atoms with Crippen LogP contribution in [-0.2, 0) is 17.8 Å². The van der Waals surface area contributed by atoms with Crippen LogP contribution in [0.4, 0.5) is 0 Å². The molecule has 19 heavy (non-hydrogen) atoms. The second kappa shape index (κ2) is 6.98. The summed E-state index contributed by atoms with van der Waals surface area (Å²) in [5, 5.41) is 7.64. The molecule has 1 aliphatic heterocycles. The van der Waals surface area contributed by atoms with Crippen molar-refractivity contribution in [2.24, 2.45) is 5.92 Å². The second-order valence-electron chi connectivity index (χ2n) is 5.65. The summed E-state index contributed by atoms with van der Waals surface area (Å²) < 4.78 is 7.72. The van der Waals surface area contributed by atoms with Crippen LogP contribution in [0.5, 0.6) is 0 Å². The Balaban J connectivity index is 1.84.